The number of benzene rings is 3. The SMILES string of the molecule is OC(COc1ccccc1)CN1CCN(C2c3ccccc3CCc3ccccc32)CC1. The lowest BCUT2D eigenvalue weighted by atomic mass is 9.92. The van der Waals surface area contributed by atoms with Gasteiger partial charge in [-0.2, -0.15) is 0 Å². The molecule has 1 atom stereocenters. The van der Waals surface area contributed by atoms with Crippen LogP contribution in [0.1, 0.15) is 28.3 Å². The van der Waals surface area contributed by atoms with Crippen LogP contribution in [0.25, 0.3) is 0 Å². The molecule has 1 unspecified atom stereocenters. The van der Waals surface area contributed by atoms with E-state index in [2.05, 4.69) is 58.3 Å². The average Bonchev–Trinajstić information content (AvgIpc) is 3.01. The summed E-state index contributed by atoms with van der Waals surface area (Å²) in [5, 5.41) is 10.5. The third-order valence-corrected chi connectivity index (χ3v) is 6.79. The van der Waals surface area contributed by atoms with Gasteiger partial charge in [0, 0.05) is 32.7 Å². The normalized spacial score (nSPS) is 18.4. The van der Waals surface area contributed by atoms with Gasteiger partial charge >= 0.3 is 0 Å². The van der Waals surface area contributed by atoms with E-state index in [0.29, 0.717) is 19.2 Å². The van der Waals surface area contributed by atoms with Gasteiger partial charge in [0.05, 0.1) is 6.04 Å². The predicted molar refractivity (Wildman–Crippen MR) is 128 cm³/mol. The molecular formula is C28H32N2O2. The number of β-amino-alcohol motifs (C(OH)–C–C–N with tert-alkyl or cyclic N) is 1. The van der Waals surface area contributed by atoms with Crippen LogP contribution in [0.4, 0.5) is 0 Å². The van der Waals surface area contributed by atoms with Crippen molar-refractivity contribution >= 4 is 0 Å². The molecule has 2 aliphatic rings. The summed E-state index contributed by atoms with van der Waals surface area (Å²) in [4.78, 5) is 5.00. The molecule has 0 aromatic heterocycles. The number of hydrogen-bond acceptors (Lipinski definition) is 4. The minimum atomic E-state index is -0.485. The first-order chi connectivity index (χ1) is 15.8. The van der Waals surface area contributed by atoms with Crippen molar-refractivity contribution in [2.45, 2.75) is 25.0 Å². The van der Waals surface area contributed by atoms with Crippen molar-refractivity contribution in [3.05, 3.63) is 101 Å². The lowest BCUT2D eigenvalue weighted by molar-refractivity contribution is 0.0400. The van der Waals surface area contributed by atoms with E-state index < -0.39 is 6.10 Å². The molecule has 1 N–H and O–H groups in total. The number of aryl methyl sites for hydroxylation is 2. The summed E-state index contributed by atoms with van der Waals surface area (Å²) in [6, 6.07) is 28.0. The molecule has 32 heavy (non-hydrogen) atoms. The van der Waals surface area contributed by atoms with Crippen LogP contribution in [-0.4, -0.2) is 60.3 Å². The molecule has 0 amide bonds. The molecule has 0 spiro atoms. The van der Waals surface area contributed by atoms with Gasteiger partial charge in [0.1, 0.15) is 18.5 Å². The number of fused-ring (bicyclic) bond motifs is 2. The van der Waals surface area contributed by atoms with Crippen molar-refractivity contribution in [2.24, 2.45) is 0 Å². The molecule has 1 heterocycles. The van der Waals surface area contributed by atoms with Crippen molar-refractivity contribution in [1.29, 1.82) is 0 Å². The van der Waals surface area contributed by atoms with Crippen molar-refractivity contribution < 1.29 is 9.84 Å². The van der Waals surface area contributed by atoms with E-state index in [1.165, 1.54) is 22.3 Å². The highest BCUT2D eigenvalue weighted by atomic mass is 16.5. The lowest BCUT2D eigenvalue weighted by Crippen LogP contribution is -2.50. The fraction of sp³-hybridized carbons (Fsp3) is 0.357. The fourth-order valence-electron chi connectivity index (χ4n) is 5.15. The summed E-state index contributed by atoms with van der Waals surface area (Å²) in [5.41, 5.74) is 5.87. The van der Waals surface area contributed by atoms with Crippen LogP contribution < -0.4 is 4.74 Å². The van der Waals surface area contributed by atoms with Crippen LogP contribution in [0.5, 0.6) is 5.75 Å². The highest BCUT2D eigenvalue weighted by molar-refractivity contribution is 5.44. The minimum absolute atomic E-state index is 0.318. The largest absolute Gasteiger partial charge is 0.491 e. The highest BCUT2D eigenvalue weighted by Gasteiger charge is 2.31. The molecule has 1 fully saturated rings. The topological polar surface area (TPSA) is 35.9 Å². The quantitative estimate of drug-likeness (QED) is 0.645. The molecule has 1 saturated heterocycles. The number of piperazine rings is 1. The maximum absolute atomic E-state index is 10.5. The second-order valence-corrected chi connectivity index (χ2v) is 8.91. The number of nitrogens with zero attached hydrogens (tertiary/aromatic N) is 2. The molecule has 0 radical (unpaired) electrons. The molecule has 1 aliphatic heterocycles. The lowest BCUT2D eigenvalue weighted by Gasteiger charge is -2.40. The monoisotopic (exact) mass is 428 g/mol. The molecule has 1 aliphatic carbocycles. The van der Waals surface area contributed by atoms with Crippen molar-refractivity contribution in [3.63, 3.8) is 0 Å². The van der Waals surface area contributed by atoms with E-state index >= 15 is 0 Å². The third kappa shape index (κ3) is 4.73. The molecular weight excluding hydrogens is 396 g/mol. The standard InChI is InChI=1S/C28H32N2O2/c31-24(21-32-25-10-2-1-3-11-25)20-29-16-18-30(19-17-29)28-26-12-6-4-8-22(26)14-15-23-9-5-7-13-27(23)28/h1-13,24,28,31H,14-21H2. The zero-order valence-corrected chi connectivity index (χ0v) is 18.6. The molecule has 4 heteroatoms. The molecule has 5 rings (SSSR count). The first kappa shape index (κ1) is 21.2. The van der Waals surface area contributed by atoms with E-state index in [1.807, 2.05) is 30.3 Å². The summed E-state index contributed by atoms with van der Waals surface area (Å²) in [6.45, 7) is 4.90. The first-order valence-electron chi connectivity index (χ1n) is 11.8. The molecule has 3 aromatic carbocycles. The summed E-state index contributed by atoms with van der Waals surface area (Å²) < 4.78 is 5.73. The van der Waals surface area contributed by atoms with Gasteiger partial charge < -0.3 is 9.84 Å². The van der Waals surface area contributed by atoms with E-state index in [9.17, 15) is 5.11 Å². The third-order valence-electron chi connectivity index (χ3n) is 6.79. The van der Waals surface area contributed by atoms with Crippen LogP contribution in [-0.2, 0) is 12.8 Å². The molecule has 4 nitrogen and oxygen atoms in total. The smallest absolute Gasteiger partial charge is 0.119 e. The molecule has 0 saturated carbocycles. The van der Waals surface area contributed by atoms with Crippen molar-refractivity contribution in [1.82, 2.24) is 9.80 Å². The zero-order chi connectivity index (χ0) is 21.8. The van der Waals surface area contributed by atoms with Gasteiger partial charge in [-0.25, -0.2) is 0 Å². The second kappa shape index (κ2) is 9.86. The fourth-order valence-corrected chi connectivity index (χ4v) is 5.15. The number of ether oxygens (including phenoxy) is 1. The average molecular weight is 429 g/mol. The number of para-hydroxylation sites is 1. The number of aliphatic hydroxyl groups excluding tert-OH is 1. The summed E-state index contributed by atoms with van der Waals surface area (Å²) in [5.74, 6) is 0.807. The Bertz CT molecular complexity index is 967. The summed E-state index contributed by atoms with van der Waals surface area (Å²) >= 11 is 0. The van der Waals surface area contributed by atoms with Gasteiger partial charge in [-0.15, -0.1) is 0 Å². The Kier molecular flexibility index (Phi) is 6.54. The Morgan fingerprint density at radius 3 is 1.94 bits per heavy atom. The Labute approximate surface area is 191 Å². The van der Waals surface area contributed by atoms with Crippen LogP contribution in [0.3, 0.4) is 0 Å². The minimum Gasteiger partial charge on any atom is -0.491 e. The first-order valence-corrected chi connectivity index (χ1v) is 11.8. The maximum atomic E-state index is 10.5. The maximum Gasteiger partial charge on any atom is 0.119 e. The van der Waals surface area contributed by atoms with Gasteiger partial charge in [0.2, 0.25) is 0 Å². The Morgan fingerprint density at radius 1 is 0.750 bits per heavy atom. The van der Waals surface area contributed by atoms with E-state index in [0.717, 1.165) is 44.8 Å². The van der Waals surface area contributed by atoms with E-state index in [1.54, 1.807) is 0 Å². The predicted octanol–water partition coefficient (Wildman–Crippen LogP) is 3.93. The second-order valence-electron chi connectivity index (χ2n) is 8.91. The highest BCUT2D eigenvalue weighted by Crippen LogP contribution is 2.37. The van der Waals surface area contributed by atoms with Gasteiger partial charge in [-0.1, -0.05) is 66.7 Å². The van der Waals surface area contributed by atoms with Crippen LogP contribution in [0.2, 0.25) is 0 Å². The zero-order valence-electron chi connectivity index (χ0n) is 18.6. The van der Waals surface area contributed by atoms with Crippen LogP contribution in [0, 0.1) is 0 Å². The van der Waals surface area contributed by atoms with E-state index in [-0.39, 0.29) is 0 Å². The van der Waals surface area contributed by atoms with Gasteiger partial charge in [-0.3, -0.25) is 9.80 Å². The molecule has 0 bridgehead atoms. The van der Waals surface area contributed by atoms with Crippen LogP contribution in [0.15, 0.2) is 78.9 Å². The van der Waals surface area contributed by atoms with Gasteiger partial charge in [-0.05, 0) is 47.2 Å². The number of aliphatic hydroxyl groups is 1. The summed E-state index contributed by atoms with van der Waals surface area (Å²) in [7, 11) is 0. The Morgan fingerprint density at radius 2 is 1.31 bits per heavy atom. The number of hydrogen-bond donors (Lipinski definition) is 1. The molecule has 166 valence electrons. The van der Waals surface area contributed by atoms with Gasteiger partial charge in [0.15, 0.2) is 0 Å². The van der Waals surface area contributed by atoms with Crippen molar-refractivity contribution in [2.75, 3.05) is 39.3 Å². The van der Waals surface area contributed by atoms with Gasteiger partial charge in [0.25, 0.3) is 0 Å². The van der Waals surface area contributed by atoms with E-state index in [4.69, 9.17) is 4.74 Å². The summed E-state index contributed by atoms with van der Waals surface area (Å²) in [6.07, 6.45) is 1.73. The Hall–Kier alpha value is -2.66. The van der Waals surface area contributed by atoms with Crippen LogP contribution >= 0.6 is 0 Å². The molecule has 3 aromatic rings. The Balaban J connectivity index is 1.23. The van der Waals surface area contributed by atoms with Crippen molar-refractivity contribution in [3.8, 4) is 5.75 Å². The number of rotatable bonds is 6.